The second-order valence-electron chi connectivity index (χ2n) is 3.77. The number of nitrogens with one attached hydrogen (secondary N) is 1. The maximum Gasteiger partial charge on any atom is 0.127 e. The van der Waals surface area contributed by atoms with E-state index >= 15 is 0 Å². The van der Waals surface area contributed by atoms with Gasteiger partial charge in [-0.25, -0.2) is 9.07 Å². The second kappa shape index (κ2) is 5.05. The van der Waals surface area contributed by atoms with Gasteiger partial charge in [-0.2, -0.15) is 0 Å². The molecular weight excluding hydrogens is 219 g/mol. The van der Waals surface area contributed by atoms with E-state index in [1.165, 1.54) is 6.07 Å². The highest BCUT2D eigenvalue weighted by Crippen LogP contribution is 2.21. The molecule has 0 radical (unpaired) electrons. The number of rotatable bonds is 4. The summed E-state index contributed by atoms with van der Waals surface area (Å²) < 4.78 is 15.3. The molecule has 1 N–H and O–H groups in total. The Morgan fingerprint density at radius 3 is 2.94 bits per heavy atom. The highest BCUT2D eigenvalue weighted by atomic mass is 19.1. The van der Waals surface area contributed by atoms with Gasteiger partial charge in [0.1, 0.15) is 5.82 Å². The van der Waals surface area contributed by atoms with E-state index in [9.17, 15) is 4.39 Å². The molecule has 1 aromatic heterocycles. The fourth-order valence-corrected chi connectivity index (χ4v) is 1.77. The first-order valence-corrected chi connectivity index (χ1v) is 5.58. The van der Waals surface area contributed by atoms with Crippen molar-refractivity contribution in [3.8, 4) is 11.3 Å². The lowest BCUT2D eigenvalue weighted by Crippen LogP contribution is -2.07. The van der Waals surface area contributed by atoms with Gasteiger partial charge in [-0.1, -0.05) is 5.21 Å². The molecule has 17 heavy (non-hydrogen) atoms. The molecule has 0 saturated carbocycles. The lowest BCUT2D eigenvalue weighted by Gasteiger charge is -2.07. The Morgan fingerprint density at radius 1 is 1.41 bits per heavy atom. The Kier molecular flexibility index (Phi) is 3.49. The average Bonchev–Trinajstić information content (AvgIpc) is 2.80. The largest absolute Gasteiger partial charge is 0.316 e. The Morgan fingerprint density at radius 2 is 2.24 bits per heavy atom. The molecule has 0 spiro atoms. The minimum atomic E-state index is -0.196. The third-order valence-corrected chi connectivity index (χ3v) is 2.63. The molecule has 0 atom stereocenters. The molecule has 4 nitrogen and oxygen atoms in total. The van der Waals surface area contributed by atoms with Crippen LogP contribution in [0, 0.1) is 5.82 Å². The first kappa shape index (κ1) is 11.7. The van der Waals surface area contributed by atoms with Crippen molar-refractivity contribution in [3.05, 3.63) is 35.8 Å². The number of aryl methyl sites for hydroxylation is 1. The molecule has 0 fully saturated rings. The Hall–Kier alpha value is -1.75. The predicted octanol–water partition coefficient (Wildman–Crippen LogP) is 1.82. The number of nitrogens with zero attached hydrogens (tertiary/aromatic N) is 3. The van der Waals surface area contributed by atoms with Crippen molar-refractivity contribution in [3.63, 3.8) is 0 Å². The van der Waals surface area contributed by atoms with Crippen molar-refractivity contribution >= 4 is 0 Å². The summed E-state index contributed by atoms with van der Waals surface area (Å²) in [5.74, 6) is -0.196. The smallest absolute Gasteiger partial charge is 0.127 e. The van der Waals surface area contributed by atoms with Gasteiger partial charge in [0, 0.05) is 24.2 Å². The van der Waals surface area contributed by atoms with Crippen LogP contribution in [0.25, 0.3) is 11.3 Å². The van der Waals surface area contributed by atoms with E-state index in [2.05, 4.69) is 15.6 Å². The lowest BCUT2D eigenvalue weighted by atomic mass is 10.1. The zero-order chi connectivity index (χ0) is 12.3. The number of halogens is 1. The molecule has 0 amide bonds. The van der Waals surface area contributed by atoms with Crippen molar-refractivity contribution in [2.75, 3.05) is 7.05 Å². The number of hydrogen-bond donors (Lipinski definition) is 1. The van der Waals surface area contributed by atoms with Crippen LogP contribution in [0.4, 0.5) is 4.39 Å². The van der Waals surface area contributed by atoms with E-state index < -0.39 is 0 Å². The molecule has 0 aliphatic rings. The molecule has 90 valence electrons. The first-order chi connectivity index (χ1) is 8.26. The van der Waals surface area contributed by atoms with Crippen LogP contribution in [0.2, 0.25) is 0 Å². The summed E-state index contributed by atoms with van der Waals surface area (Å²) in [6.45, 7) is 3.25. The van der Waals surface area contributed by atoms with Crippen LogP contribution >= 0.6 is 0 Å². The predicted molar refractivity (Wildman–Crippen MR) is 63.9 cm³/mol. The van der Waals surface area contributed by atoms with Gasteiger partial charge >= 0.3 is 0 Å². The molecule has 5 heteroatoms. The van der Waals surface area contributed by atoms with Crippen molar-refractivity contribution < 1.29 is 4.39 Å². The van der Waals surface area contributed by atoms with Crippen LogP contribution in [-0.2, 0) is 13.1 Å². The van der Waals surface area contributed by atoms with Crippen LogP contribution in [-0.4, -0.2) is 22.0 Å². The molecule has 2 rings (SSSR count). The summed E-state index contributed by atoms with van der Waals surface area (Å²) in [7, 11) is 1.80. The van der Waals surface area contributed by atoms with E-state index in [4.69, 9.17) is 0 Å². The molecule has 1 aromatic carbocycles. The topological polar surface area (TPSA) is 42.7 Å². The van der Waals surface area contributed by atoms with E-state index in [0.29, 0.717) is 12.1 Å². The molecular formula is C12H15FN4. The first-order valence-electron chi connectivity index (χ1n) is 5.58. The molecule has 0 saturated heterocycles. The van der Waals surface area contributed by atoms with Gasteiger partial charge in [0.05, 0.1) is 11.9 Å². The van der Waals surface area contributed by atoms with Gasteiger partial charge in [0.15, 0.2) is 0 Å². The third kappa shape index (κ3) is 2.34. The van der Waals surface area contributed by atoms with Gasteiger partial charge in [-0.05, 0) is 32.2 Å². The maximum atomic E-state index is 13.5. The second-order valence-corrected chi connectivity index (χ2v) is 3.77. The van der Waals surface area contributed by atoms with Crippen molar-refractivity contribution in [2.24, 2.45) is 0 Å². The number of hydrogen-bond acceptors (Lipinski definition) is 3. The van der Waals surface area contributed by atoms with Crippen molar-refractivity contribution in [2.45, 2.75) is 20.0 Å². The van der Waals surface area contributed by atoms with E-state index in [1.807, 2.05) is 13.0 Å². The van der Waals surface area contributed by atoms with Gasteiger partial charge in [0.25, 0.3) is 0 Å². The standard InChI is InChI=1S/C12H15FN4/c1-3-17-12(8-15-16-17)9-4-5-11(13)10(6-9)7-14-2/h4-6,8,14H,3,7H2,1-2H3. The van der Waals surface area contributed by atoms with Gasteiger partial charge in [-0.15, -0.1) is 5.10 Å². The average molecular weight is 234 g/mol. The van der Waals surface area contributed by atoms with E-state index in [0.717, 1.165) is 17.8 Å². The molecule has 0 aliphatic carbocycles. The van der Waals surface area contributed by atoms with E-state index in [-0.39, 0.29) is 5.82 Å². The van der Waals surface area contributed by atoms with Gasteiger partial charge in [0.2, 0.25) is 0 Å². The Labute approximate surface area is 99.5 Å². The summed E-state index contributed by atoms with van der Waals surface area (Å²) >= 11 is 0. The van der Waals surface area contributed by atoms with Crippen molar-refractivity contribution in [1.29, 1.82) is 0 Å². The normalized spacial score (nSPS) is 10.8. The maximum absolute atomic E-state index is 13.5. The molecule has 1 heterocycles. The van der Waals surface area contributed by atoms with Gasteiger partial charge in [-0.3, -0.25) is 0 Å². The Bertz CT molecular complexity index is 507. The fourth-order valence-electron chi connectivity index (χ4n) is 1.77. The zero-order valence-corrected chi connectivity index (χ0v) is 9.94. The monoisotopic (exact) mass is 234 g/mol. The highest BCUT2D eigenvalue weighted by molar-refractivity contribution is 5.59. The van der Waals surface area contributed by atoms with Gasteiger partial charge < -0.3 is 5.32 Å². The fraction of sp³-hybridized carbons (Fsp3) is 0.333. The quantitative estimate of drug-likeness (QED) is 0.877. The highest BCUT2D eigenvalue weighted by Gasteiger charge is 2.08. The summed E-state index contributed by atoms with van der Waals surface area (Å²) in [4.78, 5) is 0. The molecule has 0 aliphatic heterocycles. The zero-order valence-electron chi connectivity index (χ0n) is 9.94. The number of benzene rings is 1. The third-order valence-electron chi connectivity index (χ3n) is 2.63. The summed E-state index contributed by atoms with van der Waals surface area (Å²) in [5, 5.41) is 10.8. The van der Waals surface area contributed by atoms with Crippen LogP contribution in [0.15, 0.2) is 24.4 Å². The summed E-state index contributed by atoms with van der Waals surface area (Å²) in [6.07, 6.45) is 1.69. The molecule has 0 unspecified atom stereocenters. The van der Waals surface area contributed by atoms with E-state index in [1.54, 1.807) is 24.0 Å². The minimum Gasteiger partial charge on any atom is -0.316 e. The van der Waals surface area contributed by atoms with Crippen LogP contribution in [0.5, 0.6) is 0 Å². The molecule has 0 bridgehead atoms. The molecule has 2 aromatic rings. The Balaban J connectivity index is 2.42. The SMILES string of the molecule is CCn1nncc1-c1ccc(F)c(CNC)c1. The van der Waals surface area contributed by atoms with Crippen LogP contribution in [0.1, 0.15) is 12.5 Å². The minimum absolute atomic E-state index is 0.196. The number of aromatic nitrogens is 3. The van der Waals surface area contributed by atoms with Crippen LogP contribution in [0.3, 0.4) is 0 Å². The van der Waals surface area contributed by atoms with Crippen molar-refractivity contribution in [1.82, 2.24) is 20.3 Å². The summed E-state index contributed by atoms with van der Waals surface area (Å²) in [6, 6.07) is 5.06. The summed E-state index contributed by atoms with van der Waals surface area (Å²) in [5.41, 5.74) is 2.49. The van der Waals surface area contributed by atoms with Crippen LogP contribution < -0.4 is 5.32 Å². The lowest BCUT2D eigenvalue weighted by molar-refractivity contribution is 0.600.